The molecule has 0 amide bonds. The van der Waals surface area contributed by atoms with Crippen LogP contribution in [0.25, 0.3) is 11.4 Å². The molecule has 0 unspecified atom stereocenters. The summed E-state index contributed by atoms with van der Waals surface area (Å²) in [7, 11) is 0. The summed E-state index contributed by atoms with van der Waals surface area (Å²) in [5, 5.41) is 9.51. The molecule has 2 heterocycles. The summed E-state index contributed by atoms with van der Waals surface area (Å²) in [6, 6.07) is 12.1. The highest BCUT2D eigenvalue weighted by Crippen LogP contribution is 2.28. The van der Waals surface area contributed by atoms with E-state index in [9.17, 15) is 4.79 Å². The van der Waals surface area contributed by atoms with E-state index < -0.39 is 0 Å². The predicted octanol–water partition coefficient (Wildman–Crippen LogP) is 3.97. The van der Waals surface area contributed by atoms with E-state index in [1.54, 1.807) is 24.9 Å². The van der Waals surface area contributed by atoms with Crippen molar-refractivity contribution in [2.75, 3.05) is 5.75 Å². The zero-order valence-corrected chi connectivity index (χ0v) is 14.5. The first-order chi connectivity index (χ1) is 11.6. The summed E-state index contributed by atoms with van der Waals surface area (Å²) in [5.74, 6) is 2.49. The number of carbonyl (C=O) groups excluding carboxylic acids is 1. The van der Waals surface area contributed by atoms with Crippen LogP contribution in [-0.2, 0) is 11.3 Å². The normalized spacial score (nSPS) is 10.9. The van der Waals surface area contributed by atoms with Gasteiger partial charge in [0.2, 0.25) is 0 Å². The molecule has 24 heavy (non-hydrogen) atoms. The lowest BCUT2D eigenvalue weighted by molar-refractivity contribution is -0.116. The molecule has 3 aromatic rings. The second-order valence-electron chi connectivity index (χ2n) is 5.57. The Morgan fingerprint density at radius 2 is 2.00 bits per heavy atom. The van der Waals surface area contributed by atoms with Gasteiger partial charge in [-0.1, -0.05) is 42.1 Å². The second kappa shape index (κ2) is 7.49. The van der Waals surface area contributed by atoms with Crippen LogP contribution in [0.2, 0.25) is 0 Å². The molecule has 5 nitrogen and oxygen atoms in total. The Labute approximate surface area is 145 Å². The third-order valence-corrected chi connectivity index (χ3v) is 4.65. The third-order valence-electron chi connectivity index (χ3n) is 3.69. The minimum absolute atomic E-state index is 0.183. The Kier molecular flexibility index (Phi) is 5.15. The molecule has 0 aliphatic rings. The Morgan fingerprint density at radius 3 is 2.67 bits per heavy atom. The summed E-state index contributed by atoms with van der Waals surface area (Å²) in [6.45, 7) is 4.20. The van der Waals surface area contributed by atoms with Gasteiger partial charge in [0.05, 0.1) is 18.4 Å². The number of Topliss-reactive ketones (excluding diaryl/α,β-unsaturated/α-hetero) is 1. The van der Waals surface area contributed by atoms with Gasteiger partial charge in [-0.2, -0.15) is 0 Å². The van der Waals surface area contributed by atoms with Gasteiger partial charge in [-0.05, 0) is 25.5 Å². The molecule has 0 saturated heterocycles. The average molecular weight is 341 g/mol. The molecule has 0 aliphatic carbocycles. The van der Waals surface area contributed by atoms with Crippen LogP contribution in [0.5, 0.6) is 0 Å². The number of benzene rings is 1. The standard InChI is InChI=1S/C18H19N3O2S/c1-13(22)9-11-24-18-20-19-17(16-8-10-23-14(16)2)21(18)12-15-6-4-3-5-7-15/h3-8,10H,9,11-12H2,1-2H3. The summed E-state index contributed by atoms with van der Waals surface area (Å²) >= 11 is 1.56. The summed E-state index contributed by atoms with van der Waals surface area (Å²) < 4.78 is 7.49. The number of carbonyl (C=O) groups is 1. The first-order valence-corrected chi connectivity index (χ1v) is 8.77. The summed E-state index contributed by atoms with van der Waals surface area (Å²) in [6.07, 6.45) is 2.19. The second-order valence-corrected chi connectivity index (χ2v) is 6.63. The molecule has 124 valence electrons. The molecule has 0 radical (unpaired) electrons. The van der Waals surface area contributed by atoms with Crippen molar-refractivity contribution in [3.8, 4) is 11.4 Å². The Balaban J connectivity index is 1.92. The van der Waals surface area contributed by atoms with E-state index in [-0.39, 0.29) is 5.78 Å². The Hall–Kier alpha value is -2.34. The highest BCUT2D eigenvalue weighted by Gasteiger charge is 2.17. The van der Waals surface area contributed by atoms with Gasteiger partial charge < -0.3 is 4.42 Å². The van der Waals surface area contributed by atoms with Crippen LogP contribution < -0.4 is 0 Å². The molecule has 0 bridgehead atoms. The smallest absolute Gasteiger partial charge is 0.191 e. The molecule has 2 aromatic heterocycles. The summed E-state index contributed by atoms with van der Waals surface area (Å²) in [4.78, 5) is 11.2. The lowest BCUT2D eigenvalue weighted by atomic mass is 10.2. The fourth-order valence-corrected chi connectivity index (χ4v) is 3.38. The average Bonchev–Trinajstić information content (AvgIpc) is 3.15. The van der Waals surface area contributed by atoms with Gasteiger partial charge in [-0.3, -0.25) is 9.36 Å². The number of ketones is 1. The minimum atomic E-state index is 0.183. The maximum Gasteiger partial charge on any atom is 0.191 e. The number of aromatic nitrogens is 3. The predicted molar refractivity (Wildman–Crippen MR) is 94.0 cm³/mol. The molecule has 0 fully saturated rings. The van der Waals surface area contributed by atoms with Gasteiger partial charge >= 0.3 is 0 Å². The van der Waals surface area contributed by atoms with E-state index in [2.05, 4.69) is 26.9 Å². The lowest BCUT2D eigenvalue weighted by Gasteiger charge is -2.10. The van der Waals surface area contributed by atoms with E-state index in [4.69, 9.17) is 4.42 Å². The topological polar surface area (TPSA) is 60.9 Å². The van der Waals surface area contributed by atoms with Crippen LogP contribution in [0.1, 0.15) is 24.7 Å². The molecule has 0 aliphatic heterocycles. The Bertz CT molecular complexity index is 824. The van der Waals surface area contributed by atoms with Crippen molar-refractivity contribution < 1.29 is 9.21 Å². The van der Waals surface area contributed by atoms with Crippen molar-refractivity contribution >= 4 is 17.5 Å². The highest BCUT2D eigenvalue weighted by atomic mass is 32.2. The van der Waals surface area contributed by atoms with Crippen LogP contribution in [0.15, 0.2) is 52.2 Å². The van der Waals surface area contributed by atoms with E-state index in [1.807, 2.05) is 31.2 Å². The molecule has 0 atom stereocenters. The monoisotopic (exact) mass is 341 g/mol. The maximum absolute atomic E-state index is 11.2. The van der Waals surface area contributed by atoms with Gasteiger partial charge in [0.25, 0.3) is 0 Å². The minimum Gasteiger partial charge on any atom is -0.469 e. The van der Waals surface area contributed by atoms with Crippen LogP contribution in [0, 0.1) is 6.92 Å². The van der Waals surface area contributed by atoms with Crippen LogP contribution in [0.3, 0.4) is 0 Å². The zero-order chi connectivity index (χ0) is 16.9. The molecule has 0 spiro atoms. The molecule has 1 aromatic carbocycles. The zero-order valence-electron chi connectivity index (χ0n) is 13.7. The SMILES string of the molecule is CC(=O)CCSc1nnc(-c2ccoc2C)n1Cc1ccccc1. The van der Waals surface area contributed by atoms with Crippen molar-refractivity contribution in [2.24, 2.45) is 0 Å². The van der Waals surface area contributed by atoms with E-state index in [0.29, 0.717) is 18.7 Å². The molecular weight excluding hydrogens is 322 g/mol. The number of hydrogen-bond acceptors (Lipinski definition) is 5. The molecule has 0 N–H and O–H groups in total. The number of thioether (sulfide) groups is 1. The van der Waals surface area contributed by atoms with Gasteiger partial charge in [0, 0.05) is 12.2 Å². The maximum atomic E-state index is 11.2. The van der Waals surface area contributed by atoms with Crippen molar-refractivity contribution in [2.45, 2.75) is 32.0 Å². The van der Waals surface area contributed by atoms with Gasteiger partial charge in [0.15, 0.2) is 11.0 Å². The van der Waals surface area contributed by atoms with Crippen LogP contribution in [0.4, 0.5) is 0 Å². The third kappa shape index (κ3) is 3.76. The molecular formula is C18H19N3O2S. The number of nitrogens with zero attached hydrogens (tertiary/aromatic N) is 3. The number of hydrogen-bond donors (Lipinski definition) is 0. The van der Waals surface area contributed by atoms with E-state index in [0.717, 1.165) is 22.3 Å². The largest absolute Gasteiger partial charge is 0.469 e. The Morgan fingerprint density at radius 1 is 1.21 bits per heavy atom. The van der Waals surface area contributed by atoms with E-state index in [1.165, 1.54) is 5.56 Å². The van der Waals surface area contributed by atoms with E-state index >= 15 is 0 Å². The van der Waals surface area contributed by atoms with Crippen molar-refractivity contribution in [1.29, 1.82) is 0 Å². The number of furan rings is 1. The van der Waals surface area contributed by atoms with Crippen molar-refractivity contribution in [3.63, 3.8) is 0 Å². The quantitative estimate of drug-likeness (QED) is 0.609. The number of rotatable bonds is 7. The summed E-state index contributed by atoms with van der Waals surface area (Å²) in [5.41, 5.74) is 2.12. The first kappa shape index (κ1) is 16.5. The first-order valence-electron chi connectivity index (χ1n) is 7.79. The van der Waals surface area contributed by atoms with Crippen LogP contribution >= 0.6 is 11.8 Å². The van der Waals surface area contributed by atoms with Crippen molar-refractivity contribution in [1.82, 2.24) is 14.8 Å². The fourth-order valence-electron chi connectivity index (χ4n) is 2.41. The van der Waals surface area contributed by atoms with Gasteiger partial charge in [-0.25, -0.2) is 0 Å². The molecule has 6 heteroatoms. The van der Waals surface area contributed by atoms with Gasteiger partial charge in [-0.15, -0.1) is 10.2 Å². The molecule has 3 rings (SSSR count). The number of aryl methyl sites for hydroxylation is 1. The fraction of sp³-hybridized carbons (Fsp3) is 0.278. The van der Waals surface area contributed by atoms with Crippen molar-refractivity contribution in [3.05, 3.63) is 54.0 Å². The molecule has 0 saturated carbocycles. The van der Waals surface area contributed by atoms with Gasteiger partial charge in [0.1, 0.15) is 11.5 Å². The van der Waals surface area contributed by atoms with Crippen LogP contribution in [-0.4, -0.2) is 26.3 Å². The lowest BCUT2D eigenvalue weighted by Crippen LogP contribution is -2.05. The highest BCUT2D eigenvalue weighted by molar-refractivity contribution is 7.99.